The Kier molecular flexibility index (Phi) is 6.66. The molecule has 1 fully saturated rings. The van der Waals surface area contributed by atoms with Gasteiger partial charge in [0.2, 0.25) is 0 Å². The molecule has 1 atom stereocenters. The molecule has 1 heterocycles. The second-order valence-corrected chi connectivity index (χ2v) is 8.06. The van der Waals surface area contributed by atoms with Crippen molar-refractivity contribution in [2.45, 2.75) is 13.0 Å². The van der Waals surface area contributed by atoms with Crippen molar-refractivity contribution in [3.8, 4) is 17.2 Å². The van der Waals surface area contributed by atoms with Crippen molar-refractivity contribution in [1.29, 1.82) is 0 Å². The number of hydrogen-bond acceptors (Lipinski definition) is 6. The number of ether oxygens (including phenoxy) is 2. The van der Waals surface area contributed by atoms with Gasteiger partial charge in [0.1, 0.15) is 17.3 Å². The molecule has 1 aliphatic rings. The van der Waals surface area contributed by atoms with Crippen LogP contribution in [0.4, 0.5) is 10.1 Å². The smallest absolute Gasteiger partial charge is 0.300 e. The van der Waals surface area contributed by atoms with Crippen molar-refractivity contribution in [2.24, 2.45) is 0 Å². The van der Waals surface area contributed by atoms with Gasteiger partial charge in [-0.05, 0) is 67.1 Å². The summed E-state index contributed by atoms with van der Waals surface area (Å²) in [6, 6.07) is 13.2. The summed E-state index contributed by atoms with van der Waals surface area (Å²) in [6.45, 7) is 2.00. The molecule has 0 radical (unpaired) electrons. The van der Waals surface area contributed by atoms with E-state index in [-0.39, 0.29) is 40.0 Å². The monoisotopic (exact) mass is 497 g/mol. The number of aliphatic hydroxyl groups is 1. The lowest BCUT2D eigenvalue weighted by atomic mass is 9.94. The van der Waals surface area contributed by atoms with Gasteiger partial charge >= 0.3 is 0 Å². The van der Waals surface area contributed by atoms with Crippen molar-refractivity contribution in [1.82, 2.24) is 0 Å². The van der Waals surface area contributed by atoms with Gasteiger partial charge in [0.05, 0.1) is 30.4 Å². The number of halogens is 2. The zero-order chi connectivity index (χ0) is 25.3. The fourth-order valence-electron chi connectivity index (χ4n) is 3.93. The Morgan fingerprint density at radius 3 is 2.43 bits per heavy atom. The summed E-state index contributed by atoms with van der Waals surface area (Å²) in [4.78, 5) is 27.6. The molecular formula is C26H21ClFNO6. The number of hydrogen-bond donors (Lipinski definition) is 2. The van der Waals surface area contributed by atoms with Gasteiger partial charge in [-0.1, -0.05) is 17.7 Å². The lowest BCUT2D eigenvalue weighted by molar-refractivity contribution is -0.132. The third-order valence-electron chi connectivity index (χ3n) is 5.59. The van der Waals surface area contributed by atoms with Crippen LogP contribution in [0.5, 0.6) is 17.2 Å². The summed E-state index contributed by atoms with van der Waals surface area (Å²) >= 11 is 5.96. The molecule has 7 nitrogen and oxygen atoms in total. The number of benzene rings is 3. The first-order valence-corrected chi connectivity index (χ1v) is 11.0. The average Bonchev–Trinajstić information content (AvgIpc) is 3.12. The van der Waals surface area contributed by atoms with Gasteiger partial charge in [0, 0.05) is 11.3 Å². The third-order valence-corrected chi connectivity index (χ3v) is 5.88. The Hall–Kier alpha value is -4.04. The molecule has 1 unspecified atom stereocenters. The van der Waals surface area contributed by atoms with Gasteiger partial charge in [-0.3, -0.25) is 14.5 Å². The number of aliphatic hydroxyl groups excluding tert-OH is 1. The number of Topliss-reactive ketones (excluding diaryl/α,β-unsaturated/α-hetero) is 1. The first-order valence-electron chi connectivity index (χ1n) is 10.6. The van der Waals surface area contributed by atoms with E-state index in [1.165, 1.54) is 37.4 Å². The molecule has 0 spiro atoms. The zero-order valence-electron chi connectivity index (χ0n) is 18.8. The summed E-state index contributed by atoms with van der Waals surface area (Å²) in [5.74, 6) is -2.42. The molecule has 180 valence electrons. The van der Waals surface area contributed by atoms with Crippen LogP contribution in [-0.4, -0.2) is 35.6 Å². The molecule has 2 N–H and O–H groups in total. The van der Waals surface area contributed by atoms with Crippen LogP contribution in [0.2, 0.25) is 5.02 Å². The first-order chi connectivity index (χ1) is 16.8. The number of phenols is 1. The number of nitrogens with zero attached hydrogens (tertiary/aromatic N) is 1. The van der Waals surface area contributed by atoms with Gasteiger partial charge in [0.15, 0.2) is 11.5 Å². The van der Waals surface area contributed by atoms with E-state index in [2.05, 4.69) is 0 Å². The molecule has 0 bridgehead atoms. The van der Waals surface area contributed by atoms with Crippen LogP contribution in [0.3, 0.4) is 0 Å². The number of amides is 1. The number of rotatable bonds is 6. The van der Waals surface area contributed by atoms with E-state index in [4.69, 9.17) is 21.1 Å². The van der Waals surface area contributed by atoms with E-state index in [1.807, 2.05) is 0 Å². The van der Waals surface area contributed by atoms with Gasteiger partial charge in [-0.15, -0.1) is 0 Å². The number of anilines is 1. The Bertz CT molecular complexity index is 1340. The minimum absolute atomic E-state index is 0.132. The van der Waals surface area contributed by atoms with Crippen molar-refractivity contribution in [3.05, 3.63) is 88.2 Å². The Labute approximate surface area is 205 Å². The van der Waals surface area contributed by atoms with Crippen LogP contribution in [0, 0.1) is 5.82 Å². The second kappa shape index (κ2) is 9.68. The molecule has 1 amide bonds. The topological polar surface area (TPSA) is 96.3 Å². The van der Waals surface area contributed by atoms with Crippen LogP contribution in [0.25, 0.3) is 5.76 Å². The van der Waals surface area contributed by atoms with Gasteiger partial charge < -0.3 is 19.7 Å². The number of ketones is 1. The minimum atomic E-state index is -1.11. The van der Waals surface area contributed by atoms with Crippen LogP contribution in [0.1, 0.15) is 24.1 Å². The van der Waals surface area contributed by atoms with E-state index in [0.717, 1.165) is 11.0 Å². The number of carbonyl (C=O) groups excluding carboxylic acids is 2. The predicted octanol–water partition coefficient (Wildman–Crippen LogP) is 5.22. The highest BCUT2D eigenvalue weighted by Gasteiger charge is 2.47. The molecule has 4 rings (SSSR count). The van der Waals surface area contributed by atoms with Gasteiger partial charge in [0.25, 0.3) is 11.7 Å². The average molecular weight is 498 g/mol. The Balaban J connectivity index is 1.95. The van der Waals surface area contributed by atoms with E-state index in [0.29, 0.717) is 11.3 Å². The van der Waals surface area contributed by atoms with E-state index in [1.54, 1.807) is 31.2 Å². The van der Waals surface area contributed by atoms with E-state index >= 15 is 0 Å². The standard InChI is InChI=1S/C26H21ClFNO6/c1-3-35-21-12-15(6-11-20(21)30)23-22(24(31)14-4-8-17(34-2)9-5-14)25(32)26(33)29(23)16-7-10-19(28)18(27)13-16/h4-13,23,30-31H,3H2,1-2H3/b24-22+. The van der Waals surface area contributed by atoms with E-state index < -0.39 is 29.3 Å². The maximum Gasteiger partial charge on any atom is 0.300 e. The van der Waals surface area contributed by atoms with Crippen LogP contribution >= 0.6 is 11.6 Å². The summed E-state index contributed by atoms with van der Waals surface area (Å²) in [5, 5.41) is 21.1. The molecule has 3 aromatic carbocycles. The van der Waals surface area contributed by atoms with Crippen molar-refractivity contribution < 1.29 is 33.7 Å². The highest BCUT2D eigenvalue weighted by atomic mass is 35.5. The van der Waals surface area contributed by atoms with Crippen molar-refractivity contribution in [2.75, 3.05) is 18.6 Å². The summed E-state index contributed by atoms with van der Waals surface area (Å²) in [6.07, 6.45) is 0. The fraction of sp³-hybridized carbons (Fsp3) is 0.154. The Morgan fingerprint density at radius 1 is 1.09 bits per heavy atom. The molecule has 9 heteroatoms. The Morgan fingerprint density at radius 2 is 1.80 bits per heavy atom. The number of phenolic OH excluding ortho intramolecular Hbond substituents is 1. The molecule has 35 heavy (non-hydrogen) atoms. The summed E-state index contributed by atoms with van der Waals surface area (Å²) in [5.41, 5.74) is 0.632. The first kappa shape index (κ1) is 24.1. The molecule has 1 saturated heterocycles. The van der Waals surface area contributed by atoms with Crippen LogP contribution in [0.15, 0.2) is 66.2 Å². The molecule has 0 aromatic heterocycles. The van der Waals surface area contributed by atoms with Crippen LogP contribution in [-0.2, 0) is 9.59 Å². The number of methoxy groups -OCH3 is 1. The lowest BCUT2D eigenvalue weighted by Crippen LogP contribution is -2.29. The van der Waals surface area contributed by atoms with E-state index in [9.17, 15) is 24.2 Å². The highest BCUT2D eigenvalue weighted by molar-refractivity contribution is 6.51. The highest BCUT2D eigenvalue weighted by Crippen LogP contribution is 2.44. The normalized spacial score (nSPS) is 17.0. The molecule has 0 aliphatic carbocycles. The molecule has 3 aromatic rings. The maximum absolute atomic E-state index is 13.8. The zero-order valence-corrected chi connectivity index (χ0v) is 19.5. The number of carbonyl (C=O) groups is 2. The largest absolute Gasteiger partial charge is 0.507 e. The SMILES string of the molecule is CCOc1cc(C2/C(=C(\O)c3ccc(OC)cc3)C(=O)C(=O)N2c2ccc(F)c(Cl)c2)ccc1O. The van der Waals surface area contributed by atoms with Crippen LogP contribution < -0.4 is 14.4 Å². The third kappa shape index (κ3) is 4.40. The quantitative estimate of drug-likeness (QED) is 0.275. The second-order valence-electron chi connectivity index (χ2n) is 7.66. The van der Waals surface area contributed by atoms with Crippen molar-refractivity contribution >= 4 is 34.7 Å². The number of aromatic hydroxyl groups is 1. The predicted molar refractivity (Wildman–Crippen MR) is 128 cm³/mol. The summed E-state index contributed by atoms with van der Waals surface area (Å²) in [7, 11) is 1.50. The van der Waals surface area contributed by atoms with Gasteiger partial charge in [-0.2, -0.15) is 0 Å². The van der Waals surface area contributed by atoms with Crippen molar-refractivity contribution in [3.63, 3.8) is 0 Å². The molecular weight excluding hydrogens is 477 g/mol. The minimum Gasteiger partial charge on any atom is -0.507 e. The maximum atomic E-state index is 13.8. The fourth-order valence-corrected chi connectivity index (χ4v) is 4.10. The van der Waals surface area contributed by atoms with Gasteiger partial charge in [-0.25, -0.2) is 4.39 Å². The molecule has 0 saturated carbocycles. The molecule has 1 aliphatic heterocycles. The lowest BCUT2D eigenvalue weighted by Gasteiger charge is -2.26. The summed E-state index contributed by atoms with van der Waals surface area (Å²) < 4.78 is 24.5.